The molecule has 0 aliphatic carbocycles. The quantitative estimate of drug-likeness (QED) is 0.313. The number of ether oxygens (including phenoxy) is 1. The summed E-state index contributed by atoms with van der Waals surface area (Å²) in [4.78, 5) is 27.1. The first-order valence-corrected chi connectivity index (χ1v) is 12.2. The standard InChI is InChI=1S/C29H25F3N2O4/c1-37-21-6-9-25-19(14-21)15-26(38-25)29(36)34-12-10-18(11-13-34)17-2-4-20(5-3-17)33-27(35)16-22-23(30)7-8-24(31)28(22)32/h2-9,14-15,18H,10-13,16H2,1H3,(H,33,35). The SMILES string of the molecule is COc1ccc2oc(C(=O)N3CCC(c4ccc(NC(=O)Cc5c(F)ccc(F)c5F)cc4)CC3)cc2c1. The maximum Gasteiger partial charge on any atom is 0.289 e. The van der Waals surface area contributed by atoms with Gasteiger partial charge < -0.3 is 19.4 Å². The monoisotopic (exact) mass is 522 g/mol. The summed E-state index contributed by atoms with van der Waals surface area (Å²) in [5.74, 6) is -3.12. The van der Waals surface area contributed by atoms with Crippen LogP contribution >= 0.6 is 0 Å². The van der Waals surface area contributed by atoms with Crippen molar-refractivity contribution in [2.45, 2.75) is 25.2 Å². The number of benzene rings is 3. The van der Waals surface area contributed by atoms with E-state index in [0.717, 1.165) is 29.9 Å². The highest BCUT2D eigenvalue weighted by Crippen LogP contribution is 2.31. The number of anilines is 1. The lowest BCUT2D eigenvalue weighted by Crippen LogP contribution is -2.37. The number of fused-ring (bicyclic) bond motifs is 1. The summed E-state index contributed by atoms with van der Waals surface area (Å²) in [6.45, 7) is 1.15. The zero-order valence-electron chi connectivity index (χ0n) is 20.6. The van der Waals surface area contributed by atoms with Crippen molar-refractivity contribution in [1.29, 1.82) is 0 Å². The van der Waals surface area contributed by atoms with Crippen LogP contribution in [0.15, 0.2) is 65.1 Å². The number of carbonyl (C=O) groups excluding carboxylic acids is 2. The van der Waals surface area contributed by atoms with Gasteiger partial charge in [0, 0.05) is 29.7 Å². The molecule has 2 amide bonds. The lowest BCUT2D eigenvalue weighted by molar-refractivity contribution is -0.115. The molecule has 6 nitrogen and oxygen atoms in total. The second-order valence-corrected chi connectivity index (χ2v) is 9.25. The molecule has 0 atom stereocenters. The molecule has 1 aliphatic rings. The van der Waals surface area contributed by atoms with Crippen molar-refractivity contribution in [3.63, 3.8) is 0 Å². The third-order valence-corrected chi connectivity index (χ3v) is 6.86. The van der Waals surface area contributed by atoms with Gasteiger partial charge in [0.05, 0.1) is 13.5 Å². The maximum absolute atomic E-state index is 13.8. The molecule has 38 heavy (non-hydrogen) atoms. The molecule has 0 radical (unpaired) electrons. The largest absolute Gasteiger partial charge is 0.497 e. The van der Waals surface area contributed by atoms with E-state index in [-0.39, 0.29) is 11.8 Å². The lowest BCUT2D eigenvalue weighted by atomic mass is 9.89. The molecule has 3 aromatic carbocycles. The zero-order chi connectivity index (χ0) is 26.8. The second-order valence-electron chi connectivity index (χ2n) is 9.25. The average molecular weight is 523 g/mol. The number of hydrogen-bond donors (Lipinski definition) is 1. The number of nitrogens with zero attached hydrogens (tertiary/aromatic N) is 1. The highest BCUT2D eigenvalue weighted by Gasteiger charge is 2.26. The van der Waals surface area contributed by atoms with E-state index in [1.165, 1.54) is 0 Å². The molecule has 0 bridgehead atoms. The molecule has 2 heterocycles. The van der Waals surface area contributed by atoms with Crippen LogP contribution in [-0.2, 0) is 11.2 Å². The average Bonchev–Trinajstić information content (AvgIpc) is 3.37. The van der Waals surface area contributed by atoms with Crippen molar-refractivity contribution >= 4 is 28.5 Å². The van der Waals surface area contributed by atoms with Crippen LogP contribution in [0.2, 0.25) is 0 Å². The van der Waals surface area contributed by atoms with Crippen LogP contribution in [0.5, 0.6) is 5.75 Å². The Morgan fingerprint density at radius 1 is 0.974 bits per heavy atom. The molecule has 196 valence electrons. The summed E-state index contributed by atoms with van der Waals surface area (Å²) in [6, 6.07) is 15.8. The fourth-order valence-electron chi connectivity index (χ4n) is 4.76. The van der Waals surface area contributed by atoms with E-state index in [9.17, 15) is 22.8 Å². The van der Waals surface area contributed by atoms with Gasteiger partial charge in [0.2, 0.25) is 5.91 Å². The Morgan fingerprint density at radius 3 is 2.39 bits per heavy atom. The molecule has 1 saturated heterocycles. The van der Waals surface area contributed by atoms with Crippen LogP contribution in [0.25, 0.3) is 11.0 Å². The number of piperidine rings is 1. The van der Waals surface area contributed by atoms with Gasteiger partial charge in [-0.2, -0.15) is 0 Å². The zero-order valence-corrected chi connectivity index (χ0v) is 20.6. The van der Waals surface area contributed by atoms with Crippen molar-refractivity contribution in [1.82, 2.24) is 4.90 Å². The Morgan fingerprint density at radius 2 is 1.68 bits per heavy atom. The molecule has 5 rings (SSSR count). The molecule has 1 N–H and O–H groups in total. The Balaban J connectivity index is 1.16. The first-order valence-electron chi connectivity index (χ1n) is 12.2. The fraction of sp³-hybridized carbons (Fsp3) is 0.241. The highest BCUT2D eigenvalue weighted by atomic mass is 19.2. The molecule has 0 spiro atoms. The van der Waals surface area contributed by atoms with Gasteiger partial charge in [-0.3, -0.25) is 9.59 Å². The van der Waals surface area contributed by atoms with Crippen LogP contribution in [-0.4, -0.2) is 36.9 Å². The van der Waals surface area contributed by atoms with Crippen LogP contribution in [0, 0.1) is 17.5 Å². The Bertz CT molecular complexity index is 1490. The Hall–Kier alpha value is -4.27. The minimum atomic E-state index is -1.36. The number of hydrogen-bond acceptors (Lipinski definition) is 4. The van der Waals surface area contributed by atoms with E-state index in [1.54, 1.807) is 42.3 Å². The predicted molar refractivity (Wildman–Crippen MR) is 136 cm³/mol. The van der Waals surface area contributed by atoms with Gasteiger partial charge in [-0.25, -0.2) is 13.2 Å². The molecule has 0 unspecified atom stereocenters. The van der Waals surface area contributed by atoms with Crippen LogP contribution in [0.3, 0.4) is 0 Å². The number of amides is 2. The molecule has 0 saturated carbocycles. The number of halogens is 3. The number of nitrogens with one attached hydrogen (secondary N) is 1. The van der Waals surface area contributed by atoms with Crippen molar-refractivity contribution in [2.75, 3.05) is 25.5 Å². The summed E-state index contributed by atoms with van der Waals surface area (Å²) in [5, 5.41) is 3.39. The van der Waals surface area contributed by atoms with Gasteiger partial charge in [0.25, 0.3) is 5.91 Å². The number of furan rings is 1. The van der Waals surface area contributed by atoms with E-state index in [0.29, 0.717) is 41.9 Å². The van der Waals surface area contributed by atoms with Gasteiger partial charge in [0.15, 0.2) is 17.4 Å². The Kier molecular flexibility index (Phi) is 7.09. The van der Waals surface area contributed by atoms with Crippen molar-refractivity contribution in [3.8, 4) is 5.75 Å². The molecule has 1 aliphatic heterocycles. The highest BCUT2D eigenvalue weighted by molar-refractivity contribution is 5.96. The molecule has 1 aromatic heterocycles. The van der Waals surface area contributed by atoms with Crippen LogP contribution < -0.4 is 10.1 Å². The van der Waals surface area contributed by atoms with Crippen molar-refractivity contribution in [3.05, 3.63) is 95.0 Å². The molecule has 4 aromatic rings. The van der Waals surface area contributed by atoms with Gasteiger partial charge >= 0.3 is 0 Å². The van der Waals surface area contributed by atoms with Gasteiger partial charge in [-0.1, -0.05) is 12.1 Å². The first kappa shape index (κ1) is 25.4. The minimum Gasteiger partial charge on any atom is -0.497 e. The number of likely N-dealkylation sites (tertiary alicyclic amines) is 1. The fourth-order valence-corrected chi connectivity index (χ4v) is 4.76. The second kappa shape index (κ2) is 10.6. The van der Waals surface area contributed by atoms with Crippen LogP contribution in [0.4, 0.5) is 18.9 Å². The smallest absolute Gasteiger partial charge is 0.289 e. The van der Waals surface area contributed by atoms with E-state index < -0.39 is 35.3 Å². The normalized spacial score (nSPS) is 14.1. The molecular weight excluding hydrogens is 497 g/mol. The van der Waals surface area contributed by atoms with Crippen molar-refractivity contribution < 1.29 is 31.9 Å². The topological polar surface area (TPSA) is 71.8 Å². The van der Waals surface area contributed by atoms with Gasteiger partial charge in [-0.15, -0.1) is 0 Å². The third-order valence-electron chi connectivity index (χ3n) is 6.86. The summed E-state index contributed by atoms with van der Waals surface area (Å²) < 4.78 is 52.0. The number of carbonyl (C=O) groups is 2. The lowest BCUT2D eigenvalue weighted by Gasteiger charge is -2.31. The van der Waals surface area contributed by atoms with Crippen molar-refractivity contribution in [2.24, 2.45) is 0 Å². The summed E-state index contributed by atoms with van der Waals surface area (Å²) in [5.41, 5.74) is 1.54. The Labute approximate surface area is 217 Å². The number of methoxy groups -OCH3 is 1. The molecule has 1 fully saturated rings. The van der Waals surface area contributed by atoms with E-state index in [2.05, 4.69) is 5.32 Å². The minimum absolute atomic E-state index is 0.150. The molecular formula is C29H25F3N2O4. The summed E-state index contributed by atoms with van der Waals surface area (Å²) in [7, 11) is 1.58. The first-order chi connectivity index (χ1) is 18.3. The predicted octanol–water partition coefficient (Wildman–Crippen LogP) is 6.06. The summed E-state index contributed by atoms with van der Waals surface area (Å²) in [6.07, 6.45) is 0.912. The van der Waals surface area contributed by atoms with Gasteiger partial charge in [-0.05, 0) is 72.9 Å². The van der Waals surface area contributed by atoms with Gasteiger partial charge in [0.1, 0.15) is 17.1 Å². The van der Waals surface area contributed by atoms with E-state index >= 15 is 0 Å². The summed E-state index contributed by atoms with van der Waals surface area (Å²) >= 11 is 0. The molecule has 9 heteroatoms. The maximum atomic E-state index is 13.8. The van der Waals surface area contributed by atoms with Crippen LogP contribution in [0.1, 0.15) is 40.4 Å². The van der Waals surface area contributed by atoms with E-state index in [4.69, 9.17) is 9.15 Å². The third kappa shape index (κ3) is 5.22. The number of rotatable bonds is 6. The van der Waals surface area contributed by atoms with E-state index in [1.807, 2.05) is 18.2 Å².